The summed E-state index contributed by atoms with van der Waals surface area (Å²) in [6, 6.07) is 12.7. The molecular formula is C16H13NO2. The highest BCUT2D eigenvalue weighted by molar-refractivity contribution is 6.34. The number of aryl methyl sites for hydroxylation is 2. The smallest absolute Gasteiger partial charge is 0.266 e. The maximum absolute atomic E-state index is 12.4. The lowest BCUT2D eigenvalue weighted by Crippen LogP contribution is -2.29. The quantitative estimate of drug-likeness (QED) is 0.730. The summed E-state index contributed by atoms with van der Waals surface area (Å²) < 4.78 is 0. The van der Waals surface area contributed by atoms with Crippen LogP contribution in [-0.4, -0.2) is 11.8 Å². The molecular weight excluding hydrogens is 238 g/mol. The first-order chi connectivity index (χ1) is 9.09. The van der Waals surface area contributed by atoms with Crippen LogP contribution in [0, 0.1) is 13.8 Å². The summed E-state index contributed by atoms with van der Waals surface area (Å²) in [7, 11) is 0. The standard InChI is InChI=1S/C16H13NO2/c1-10-6-8-12(9-7-10)17-15(18)13-5-3-4-11(2)14(13)16(17)19/h3-9H,1-2H3. The maximum Gasteiger partial charge on any atom is 0.266 e. The van der Waals surface area contributed by atoms with Gasteiger partial charge in [-0.15, -0.1) is 0 Å². The lowest BCUT2D eigenvalue weighted by molar-refractivity contribution is 0.0926. The Morgan fingerprint density at radius 3 is 2.16 bits per heavy atom. The minimum absolute atomic E-state index is 0.234. The molecule has 0 aromatic heterocycles. The molecule has 0 bridgehead atoms. The molecule has 0 aliphatic carbocycles. The fraction of sp³-hybridized carbons (Fsp3) is 0.125. The van der Waals surface area contributed by atoms with Gasteiger partial charge in [-0.2, -0.15) is 0 Å². The summed E-state index contributed by atoms with van der Waals surface area (Å²) in [5, 5.41) is 0. The molecule has 1 aliphatic rings. The number of rotatable bonds is 1. The molecule has 0 radical (unpaired) electrons. The van der Waals surface area contributed by atoms with Crippen LogP contribution in [0.15, 0.2) is 42.5 Å². The zero-order valence-corrected chi connectivity index (χ0v) is 10.8. The SMILES string of the molecule is Cc1ccc(N2C(=O)c3cccc(C)c3C2=O)cc1. The normalized spacial score (nSPS) is 13.9. The average molecular weight is 251 g/mol. The second kappa shape index (κ2) is 4.05. The topological polar surface area (TPSA) is 37.4 Å². The van der Waals surface area contributed by atoms with Crippen molar-refractivity contribution in [3.8, 4) is 0 Å². The van der Waals surface area contributed by atoms with Gasteiger partial charge in [-0.1, -0.05) is 29.8 Å². The zero-order valence-electron chi connectivity index (χ0n) is 10.8. The van der Waals surface area contributed by atoms with Gasteiger partial charge in [-0.25, -0.2) is 4.90 Å². The lowest BCUT2D eigenvalue weighted by atomic mass is 10.0. The van der Waals surface area contributed by atoms with Crippen LogP contribution in [0.5, 0.6) is 0 Å². The lowest BCUT2D eigenvalue weighted by Gasteiger charge is -2.13. The Bertz CT molecular complexity index is 686. The number of anilines is 1. The molecule has 94 valence electrons. The van der Waals surface area contributed by atoms with Gasteiger partial charge in [0.1, 0.15) is 0 Å². The summed E-state index contributed by atoms with van der Waals surface area (Å²) in [4.78, 5) is 26.0. The third kappa shape index (κ3) is 1.66. The molecule has 0 saturated heterocycles. The molecule has 1 aliphatic heterocycles. The number of fused-ring (bicyclic) bond motifs is 1. The largest absolute Gasteiger partial charge is 0.268 e. The Hall–Kier alpha value is -2.42. The molecule has 0 fully saturated rings. The number of imide groups is 1. The van der Waals surface area contributed by atoms with E-state index in [-0.39, 0.29) is 11.8 Å². The van der Waals surface area contributed by atoms with Gasteiger partial charge in [-0.05, 0) is 37.6 Å². The first-order valence-corrected chi connectivity index (χ1v) is 6.14. The maximum atomic E-state index is 12.4. The Morgan fingerprint density at radius 2 is 1.53 bits per heavy atom. The van der Waals surface area contributed by atoms with Crippen LogP contribution in [0.1, 0.15) is 31.8 Å². The highest BCUT2D eigenvalue weighted by Crippen LogP contribution is 2.30. The van der Waals surface area contributed by atoms with E-state index in [0.29, 0.717) is 16.8 Å². The first-order valence-electron chi connectivity index (χ1n) is 6.14. The highest BCUT2D eigenvalue weighted by atomic mass is 16.2. The summed E-state index contributed by atoms with van der Waals surface area (Å²) in [6.45, 7) is 3.82. The van der Waals surface area contributed by atoms with E-state index in [0.717, 1.165) is 11.1 Å². The van der Waals surface area contributed by atoms with Gasteiger partial charge in [0.15, 0.2) is 0 Å². The first kappa shape index (κ1) is 11.7. The third-order valence-corrected chi connectivity index (χ3v) is 3.42. The van der Waals surface area contributed by atoms with E-state index >= 15 is 0 Å². The second-order valence-corrected chi connectivity index (χ2v) is 4.78. The molecule has 2 aromatic carbocycles. The van der Waals surface area contributed by atoms with E-state index in [9.17, 15) is 9.59 Å². The van der Waals surface area contributed by atoms with Crippen LogP contribution in [0.4, 0.5) is 5.69 Å². The molecule has 2 aromatic rings. The molecule has 3 nitrogen and oxygen atoms in total. The number of hydrogen-bond acceptors (Lipinski definition) is 2. The van der Waals surface area contributed by atoms with E-state index < -0.39 is 0 Å². The van der Waals surface area contributed by atoms with E-state index in [1.54, 1.807) is 24.3 Å². The van der Waals surface area contributed by atoms with Gasteiger partial charge < -0.3 is 0 Å². The van der Waals surface area contributed by atoms with Gasteiger partial charge >= 0.3 is 0 Å². The van der Waals surface area contributed by atoms with Crippen molar-refractivity contribution >= 4 is 17.5 Å². The van der Waals surface area contributed by atoms with E-state index in [1.807, 2.05) is 32.0 Å². The van der Waals surface area contributed by atoms with E-state index in [2.05, 4.69) is 0 Å². The van der Waals surface area contributed by atoms with E-state index in [1.165, 1.54) is 4.90 Å². The van der Waals surface area contributed by atoms with Crippen LogP contribution in [0.2, 0.25) is 0 Å². The number of amides is 2. The van der Waals surface area contributed by atoms with Gasteiger partial charge in [0, 0.05) is 0 Å². The van der Waals surface area contributed by atoms with Gasteiger partial charge in [0.05, 0.1) is 16.8 Å². The van der Waals surface area contributed by atoms with Gasteiger partial charge in [0.25, 0.3) is 11.8 Å². The molecule has 3 rings (SSSR count). The van der Waals surface area contributed by atoms with Crippen molar-refractivity contribution in [2.75, 3.05) is 4.90 Å². The Morgan fingerprint density at radius 1 is 0.842 bits per heavy atom. The molecule has 19 heavy (non-hydrogen) atoms. The number of benzene rings is 2. The van der Waals surface area contributed by atoms with Crippen molar-refractivity contribution in [2.45, 2.75) is 13.8 Å². The molecule has 1 heterocycles. The molecule has 0 spiro atoms. The Balaban J connectivity index is 2.13. The molecule has 0 atom stereocenters. The fourth-order valence-corrected chi connectivity index (χ4v) is 2.38. The molecule has 2 amide bonds. The van der Waals surface area contributed by atoms with Crippen molar-refractivity contribution in [2.24, 2.45) is 0 Å². The molecule has 3 heteroatoms. The fourth-order valence-electron chi connectivity index (χ4n) is 2.38. The van der Waals surface area contributed by atoms with Crippen molar-refractivity contribution in [3.63, 3.8) is 0 Å². The molecule has 0 N–H and O–H groups in total. The van der Waals surface area contributed by atoms with Crippen molar-refractivity contribution in [3.05, 3.63) is 64.7 Å². The van der Waals surface area contributed by atoms with Crippen molar-refractivity contribution < 1.29 is 9.59 Å². The number of carbonyl (C=O) groups excluding carboxylic acids is 2. The van der Waals surface area contributed by atoms with Crippen LogP contribution in [0.25, 0.3) is 0 Å². The number of nitrogens with zero attached hydrogens (tertiary/aromatic N) is 1. The summed E-state index contributed by atoms with van der Waals surface area (Å²) >= 11 is 0. The summed E-state index contributed by atoms with van der Waals surface area (Å²) in [5.74, 6) is -0.477. The van der Waals surface area contributed by atoms with Crippen LogP contribution in [0.3, 0.4) is 0 Å². The van der Waals surface area contributed by atoms with Crippen molar-refractivity contribution in [1.82, 2.24) is 0 Å². The van der Waals surface area contributed by atoms with Crippen LogP contribution >= 0.6 is 0 Å². The molecule has 0 unspecified atom stereocenters. The van der Waals surface area contributed by atoms with Gasteiger partial charge in [0.2, 0.25) is 0 Å². The highest BCUT2D eigenvalue weighted by Gasteiger charge is 2.37. The van der Waals surface area contributed by atoms with Gasteiger partial charge in [-0.3, -0.25) is 9.59 Å². The predicted octanol–water partition coefficient (Wildman–Crippen LogP) is 3.10. The predicted molar refractivity (Wildman–Crippen MR) is 73.5 cm³/mol. The molecule has 0 saturated carbocycles. The Labute approximate surface area is 111 Å². The average Bonchev–Trinajstić information content (AvgIpc) is 2.65. The minimum Gasteiger partial charge on any atom is -0.268 e. The summed E-state index contributed by atoms with van der Waals surface area (Å²) in [5.41, 5.74) is 3.57. The van der Waals surface area contributed by atoms with Crippen LogP contribution < -0.4 is 4.90 Å². The van der Waals surface area contributed by atoms with Crippen LogP contribution in [-0.2, 0) is 0 Å². The second-order valence-electron chi connectivity index (χ2n) is 4.78. The third-order valence-electron chi connectivity index (χ3n) is 3.42. The van der Waals surface area contributed by atoms with E-state index in [4.69, 9.17) is 0 Å². The Kier molecular flexibility index (Phi) is 2.49. The monoisotopic (exact) mass is 251 g/mol. The van der Waals surface area contributed by atoms with Crippen molar-refractivity contribution in [1.29, 1.82) is 0 Å². The zero-order chi connectivity index (χ0) is 13.6. The summed E-state index contributed by atoms with van der Waals surface area (Å²) in [6.07, 6.45) is 0. The number of carbonyl (C=O) groups is 2. The number of hydrogen-bond donors (Lipinski definition) is 0. The minimum atomic E-state index is -0.243.